The molecular weight excluding hydrogens is 213 g/mol. The Hall–Kier alpha value is -2.17. The zero-order chi connectivity index (χ0) is 12.1. The molecule has 1 rings (SSSR count). The van der Waals surface area contributed by atoms with E-state index in [0.29, 0.717) is 5.69 Å². The number of benzene rings is 1. The number of anilines is 1. The Bertz CT molecular complexity index is 437. The van der Waals surface area contributed by atoms with Crippen molar-refractivity contribution in [3.8, 4) is 0 Å². The average molecular weight is 223 g/mol. The van der Waals surface area contributed by atoms with Gasteiger partial charge >= 0.3 is 5.97 Å². The van der Waals surface area contributed by atoms with E-state index in [0.717, 1.165) is 6.08 Å². The van der Waals surface area contributed by atoms with E-state index in [4.69, 9.17) is 5.11 Å². The van der Waals surface area contributed by atoms with Crippen molar-refractivity contribution in [1.29, 1.82) is 0 Å². The average Bonchev–Trinajstić information content (AvgIpc) is 2.20. The highest BCUT2D eigenvalue weighted by Crippen LogP contribution is 2.09. The Morgan fingerprint density at radius 2 is 1.88 bits per heavy atom. The Morgan fingerprint density at radius 1 is 1.31 bits per heavy atom. The van der Waals surface area contributed by atoms with Crippen molar-refractivity contribution in [2.45, 2.75) is 6.92 Å². The smallest absolute Gasteiger partial charge is 0.328 e. The maximum Gasteiger partial charge on any atom is 0.328 e. The third-order valence-corrected chi connectivity index (χ3v) is 1.80. The molecule has 16 heavy (non-hydrogen) atoms. The number of rotatable bonds is 3. The van der Waals surface area contributed by atoms with Crippen LogP contribution in [0.5, 0.6) is 0 Å². The second kappa shape index (κ2) is 5.06. The summed E-state index contributed by atoms with van der Waals surface area (Å²) in [5, 5.41) is 10.9. The van der Waals surface area contributed by atoms with Crippen molar-refractivity contribution < 1.29 is 19.1 Å². The summed E-state index contributed by atoms with van der Waals surface area (Å²) in [6.07, 6.45) is 0.804. The highest BCUT2D eigenvalue weighted by Gasteiger charge is 2.06. The molecule has 0 unspecified atom stereocenters. The van der Waals surface area contributed by atoms with Gasteiger partial charge in [-0.2, -0.15) is 0 Å². The molecule has 1 aromatic rings. The first-order valence-electron chi connectivity index (χ1n) is 4.47. The van der Waals surface area contributed by atoms with E-state index in [2.05, 4.69) is 5.32 Å². The van der Waals surface area contributed by atoms with Gasteiger partial charge in [0.25, 0.3) is 5.91 Å². The van der Waals surface area contributed by atoms with E-state index < -0.39 is 17.7 Å². The predicted octanol–water partition coefficient (Wildman–Crippen LogP) is 1.80. The number of aliphatic carboxylic acids is 1. The quantitative estimate of drug-likeness (QED) is 0.768. The molecule has 0 atom stereocenters. The van der Waals surface area contributed by atoms with Gasteiger partial charge in [0.2, 0.25) is 0 Å². The lowest BCUT2D eigenvalue weighted by Gasteiger charge is -2.04. The first-order valence-corrected chi connectivity index (χ1v) is 4.47. The van der Waals surface area contributed by atoms with Crippen LogP contribution in [0.1, 0.15) is 6.92 Å². The van der Waals surface area contributed by atoms with Crippen molar-refractivity contribution >= 4 is 17.6 Å². The lowest BCUT2D eigenvalue weighted by Crippen LogP contribution is -2.13. The number of carbonyl (C=O) groups excluding carboxylic acids is 1. The molecule has 2 N–H and O–H groups in total. The van der Waals surface area contributed by atoms with Crippen LogP contribution >= 0.6 is 0 Å². The van der Waals surface area contributed by atoms with Crippen LogP contribution in [-0.2, 0) is 9.59 Å². The molecule has 0 spiro atoms. The number of halogens is 1. The van der Waals surface area contributed by atoms with Gasteiger partial charge in [-0.05, 0) is 31.2 Å². The normalized spacial score (nSPS) is 11.0. The maximum atomic E-state index is 12.6. The molecule has 0 aliphatic heterocycles. The van der Waals surface area contributed by atoms with Crippen LogP contribution in [0.3, 0.4) is 0 Å². The third kappa shape index (κ3) is 3.53. The minimum Gasteiger partial charge on any atom is -0.478 e. The fraction of sp³-hybridized carbons (Fsp3) is 0.0909. The second-order valence-electron chi connectivity index (χ2n) is 3.13. The van der Waals surface area contributed by atoms with Crippen molar-refractivity contribution in [2.75, 3.05) is 5.32 Å². The number of carbonyl (C=O) groups is 2. The predicted molar refractivity (Wildman–Crippen MR) is 56.4 cm³/mol. The summed E-state index contributed by atoms with van der Waals surface area (Å²) < 4.78 is 12.6. The monoisotopic (exact) mass is 223 g/mol. The van der Waals surface area contributed by atoms with Crippen LogP contribution in [0.2, 0.25) is 0 Å². The maximum absolute atomic E-state index is 12.6. The molecule has 0 saturated carbocycles. The molecule has 0 aliphatic carbocycles. The van der Waals surface area contributed by atoms with Gasteiger partial charge in [0.1, 0.15) is 5.82 Å². The summed E-state index contributed by atoms with van der Waals surface area (Å²) in [6.45, 7) is 1.38. The van der Waals surface area contributed by atoms with E-state index >= 15 is 0 Å². The summed E-state index contributed by atoms with van der Waals surface area (Å²) in [4.78, 5) is 21.7. The lowest BCUT2D eigenvalue weighted by molar-refractivity contribution is -0.131. The van der Waals surface area contributed by atoms with Gasteiger partial charge in [0.15, 0.2) is 0 Å². The molecule has 0 radical (unpaired) electrons. The summed E-state index contributed by atoms with van der Waals surface area (Å²) in [5.74, 6) is -2.13. The SMILES string of the molecule is CC(=CC(=O)O)C(=O)Nc1ccc(F)cc1. The molecule has 0 bridgehead atoms. The summed E-state index contributed by atoms with van der Waals surface area (Å²) in [7, 11) is 0. The van der Waals surface area contributed by atoms with Crippen LogP contribution in [0.4, 0.5) is 10.1 Å². The Kier molecular flexibility index (Phi) is 3.77. The Morgan fingerprint density at radius 3 is 2.38 bits per heavy atom. The molecule has 1 aromatic carbocycles. The molecule has 1 amide bonds. The summed E-state index contributed by atoms with van der Waals surface area (Å²) in [6, 6.07) is 5.18. The van der Waals surface area contributed by atoms with E-state index in [1.807, 2.05) is 0 Å². The second-order valence-corrected chi connectivity index (χ2v) is 3.13. The first-order chi connectivity index (χ1) is 7.49. The van der Waals surface area contributed by atoms with Gasteiger partial charge < -0.3 is 10.4 Å². The standard InChI is InChI=1S/C11H10FNO3/c1-7(6-10(14)15)11(16)13-9-4-2-8(12)3-5-9/h2-6H,1H3,(H,13,16)(H,14,15). The summed E-state index contributed by atoms with van der Waals surface area (Å²) >= 11 is 0. The Balaban J connectivity index is 2.71. The topological polar surface area (TPSA) is 66.4 Å². The number of amides is 1. The van der Waals surface area contributed by atoms with Crippen molar-refractivity contribution in [1.82, 2.24) is 0 Å². The number of carboxylic acids is 1. The lowest BCUT2D eigenvalue weighted by atomic mass is 10.2. The zero-order valence-electron chi connectivity index (χ0n) is 8.53. The van der Waals surface area contributed by atoms with Crippen molar-refractivity contribution in [2.24, 2.45) is 0 Å². The molecule has 5 heteroatoms. The zero-order valence-corrected chi connectivity index (χ0v) is 8.53. The molecule has 4 nitrogen and oxygen atoms in total. The molecule has 0 fully saturated rings. The molecule has 84 valence electrons. The molecule has 0 aromatic heterocycles. The molecule has 0 aliphatic rings. The van der Waals surface area contributed by atoms with Crippen LogP contribution in [-0.4, -0.2) is 17.0 Å². The van der Waals surface area contributed by atoms with Gasteiger partial charge in [0, 0.05) is 17.3 Å². The largest absolute Gasteiger partial charge is 0.478 e. The van der Waals surface area contributed by atoms with E-state index in [1.54, 1.807) is 0 Å². The van der Waals surface area contributed by atoms with Crippen LogP contribution in [0, 0.1) is 5.82 Å². The third-order valence-electron chi connectivity index (χ3n) is 1.80. The van der Waals surface area contributed by atoms with Crippen molar-refractivity contribution in [3.63, 3.8) is 0 Å². The van der Waals surface area contributed by atoms with Crippen LogP contribution in [0.25, 0.3) is 0 Å². The van der Waals surface area contributed by atoms with Gasteiger partial charge in [-0.25, -0.2) is 9.18 Å². The van der Waals surface area contributed by atoms with Gasteiger partial charge in [-0.3, -0.25) is 4.79 Å². The number of hydrogen-bond acceptors (Lipinski definition) is 2. The number of hydrogen-bond donors (Lipinski definition) is 2. The van der Waals surface area contributed by atoms with Gasteiger partial charge in [-0.1, -0.05) is 0 Å². The number of carboxylic acid groups (broad SMARTS) is 1. The van der Waals surface area contributed by atoms with E-state index in [1.165, 1.54) is 31.2 Å². The highest BCUT2D eigenvalue weighted by atomic mass is 19.1. The molecule has 0 heterocycles. The fourth-order valence-corrected chi connectivity index (χ4v) is 1.01. The van der Waals surface area contributed by atoms with Crippen LogP contribution < -0.4 is 5.32 Å². The van der Waals surface area contributed by atoms with E-state index in [9.17, 15) is 14.0 Å². The van der Waals surface area contributed by atoms with E-state index in [-0.39, 0.29) is 5.57 Å². The van der Waals surface area contributed by atoms with Crippen molar-refractivity contribution in [3.05, 3.63) is 41.7 Å². The molecular formula is C11H10FNO3. The fourth-order valence-electron chi connectivity index (χ4n) is 1.01. The van der Waals surface area contributed by atoms with Gasteiger partial charge in [0.05, 0.1) is 0 Å². The Labute approximate surface area is 91.4 Å². The van der Waals surface area contributed by atoms with Gasteiger partial charge in [-0.15, -0.1) is 0 Å². The first kappa shape index (κ1) is 11.9. The number of nitrogens with one attached hydrogen (secondary N) is 1. The van der Waals surface area contributed by atoms with Crippen LogP contribution in [0.15, 0.2) is 35.9 Å². The minimum atomic E-state index is -1.19. The minimum absolute atomic E-state index is 0.0665. The summed E-state index contributed by atoms with van der Waals surface area (Å²) in [5.41, 5.74) is 0.473. The highest BCUT2D eigenvalue weighted by molar-refractivity contribution is 6.06. The molecule has 0 saturated heterocycles.